The Kier molecular flexibility index (Phi) is 5.32. The monoisotopic (exact) mass is 289 g/mol. The van der Waals surface area contributed by atoms with Crippen LogP contribution in [0.25, 0.3) is 0 Å². The van der Waals surface area contributed by atoms with Crippen molar-refractivity contribution in [1.29, 1.82) is 0 Å². The van der Waals surface area contributed by atoms with Gasteiger partial charge in [-0.15, -0.1) is 0 Å². The van der Waals surface area contributed by atoms with Gasteiger partial charge in [0, 0.05) is 5.56 Å². The molecule has 2 heteroatoms. The number of piperidine rings is 1. The number of rotatable bonds is 4. The maximum absolute atomic E-state index is 5.83. The first-order chi connectivity index (χ1) is 9.95. The first-order valence-electron chi connectivity index (χ1n) is 8.36. The molecular weight excluding hydrogens is 258 g/mol. The molecule has 1 aromatic rings. The molecule has 0 saturated carbocycles. The summed E-state index contributed by atoms with van der Waals surface area (Å²) in [5, 5.41) is 3.46. The Morgan fingerprint density at radius 2 is 1.86 bits per heavy atom. The van der Waals surface area contributed by atoms with Crippen LogP contribution in [0.15, 0.2) is 12.1 Å². The molecule has 2 rings (SSSR count). The average molecular weight is 289 g/mol. The smallest absolute Gasteiger partial charge is 0.125 e. The Labute approximate surface area is 130 Å². The molecule has 0 aliphatic carbocycles. The summed E-state index contributed by atoms with van der Waals surface area (Å²) in [5.74, 6) is 1.92. The summed E-state index contributed by atoms with van der Waals surface area (Å²) in [6, 6.07) is 4.71. The summed E-state index contributed by atoms with van der Waals surface area (Å²) in [6.45, 7) is 11.4. The van der Waals surface area contributed by atoms with E-state index in [0.29, 0.717) is 0 Å². The maximum Gasteiger partial charge on any atom is 0.125 e. The van der Waals surface area contributed by atoms with Gasteiger partial charge in [0.15, 0.2) is 0 Å². The van der Waals surface area contributed by atoms with Crippen LogP contribution in [-0.4, -0.2) is 20.2 Å². The standard InChI is InChI=1S/C19H31NO/c1-6-14-11-16(12-15-7-9-20-10-8-15)18(21-5)17(13-14)19(2,3)4/h11,13,15,20H,6-10,12H2,1-5H3. The fourth-order valence-corrected chi connectivity index (χ4v) is 3.31. The Hall–Kier alpha value is -1.02. The van der Waals surface area contributed by atoms with Crippen LogP contribution in [0.5, 0.6) is 5.75 Å². The van der Waals surface area contributed by atoms with Crippen molar-refractivity contribution in [2.45, 2.75) is 58.8 Å². The molecule has 0 atom stereocenters. The highest BCUT2D eigenvalue weighted by Crippen LogP contribution is 2.37. The number of hydrogen-bond donors (Lipinski definition) is 1. The number of nitrogens with one attached hydrogen (secondary N) is 1. The van der Waals surface area contributed by atoms with Gasteiger partial charge in [0.25, 0.3) is 0 Å². The number of methoxy groups -OCH3 is 1. The lowest BCUT2D eigenvalue weighted by atomic mass is 9.81. The van der Waals surface area contributed by atoms with E-state index in [-0.39, 0.29) is 5.41 Å². The minimum atomic E-state index is 0.124. The van der Waals surface area contributed by atoms with Crippen LogP contribution >= 0.6 is 0 Å². The molecule has 2 nitrogen and oxygen atoms in total. The van der Waals surface area contributed by atoms with Crippen molar-refractivity contribution in [2.24, 2.45) is 5.92 Å². The third-order valence-electron chi connectivity index (χ3n) is 4.61. The first-order valence-corrected chi connectivity index (χ1v) is 8.36. The van der Waals surface area contributed by atoms with E-state index >= 15 is 0 Å². The van der Waals surface area contributed by atoms with Crippen LogP contribution in [0.1, 0.15) is 57.2 Å². The molecule has 1 aliphatic rings. The lowest BCUT2D eigenvalue weighted by Crippen LogP contribution is -2.29. The minimum Gasteiger partial charge on any atom is -0.496 e. The molecule has 0 spiro atoms. The fraction of sp³-hybridized carbons (Fsp3) is 0.684. The number of aryl methyl sites for hydroxylation is 1. The van der Waals surface area contributed by atoms with Gasteiger partial charge in [-0.2, -0.15) is 0 Å². The van der Waals surface area contributed by atoms with Gasteiger partial charge >= 0.3 is 0 Å². The van der Waals surface area contributed by atoms with Crippen molar-refractivity contribution in [3.8, 4) is 5.75 Å². The van der Waals surface area contributed by atoms with E-state index in [9.17, 15) is 0 Å². The van der Waals surface area contributed by atoms with Crippen LogP contribution in [0.2, 0.25) is 0 Å². The van der Waals surface area contributed by atoms with E-state index in [1.165, 1.54) is 29.5 Å². The van der Waals surface area contributed by atoms with Gasteiger partial charge in [-0.05, 0) is 61.2 Å². The summed E-state index contributed by atoms with van der Waals surface area (Å²) >= 11 is 0. The maximum atomic E-state index is 5.83. The van der Waals surface area contributed by atoms with E-state index in [0.717, 1.165) is 37.6 Å². The predicted molar refractivity (Wildman–Crippen MR) is 90.4 cm³/mol. The Bertz CT molecular complexity index is 467. The van der Waals surface area contributed by atoms with Crippen LogP contribution in [0.4, 0.5) is 0 Å². The van der Waals surface area contributed by atoms with Crippen LogP contribution in [0.3, 0.4) is 0 Å². The lowest BCUT2D eigenvalue weighted by Gasteiger charge is -2.28. The molecule has 0 bridgehead atoms. The molecule has 1 saturated heterocycles. The molecule has 1 N–H and O–H groups in total. The third-order valence-corrected chi connectivity index (χ3v) is 4.61. The lowest BCUT2D eigenvalue weighted by molar-refractivity contribution is 0.356. The van der Waals surface area contributed by atoms with Crippen LogP contribution in [0, 0.1) is 5.92 Å². The summed E-state index contributed by atoms with van der Waals surface area (Å²) in [6.07, 6.45) is 4.81. The van der Waals surface area contributed by atoms with Gasteiger partial charge in [-0.3, -0.25) is 0 Å². The molecule has 0 unspecified atom stereocenters. The van der Waals surface area contributed by atoms with Gasteiger partial charge in [-0.1, -0.05) is 39.8 Å². The van der Waals surface area contributed by atoms with Crippen LogP contribution in [-0.2, 0) is 18.3 Å². The Balaban J connectivity index is 2.37. The molecule has 0 radical (unpaired) electrons. The minimum absolute atomic E-state index is 0.124. The first kappa shape index (κ1) is 16.4. The zero-order valence-corrected chi connectivity index (χ0v) is 14.4. The topological polar surface area (TPSA) is 21.3 Å². The highest BCUT2D eigenvalue weighted by molar-refractivity contribution is 5.48. The highest BCUT2D eigenvalue weighted by atomic mass is 16.5. The second-order valence-electron chi connectivity index (χ2n) is 7.34. The number of benzene rings is 1. The van der Waals surface area contributed by atoms with E-state index in [4.69, 9.17) is 4.74 Å². The van der Waals surface area contributed by atoms with Gasteiger partial charge in [-0.25, -0.2) is 0 Å². The predicted octanol–water partition coefficient (Wildman–Crippen LogP) is 4.10. The molecule has 1 fully saturated rings. The second kappa shape index (κ2) is 6.83. The van der Waals surface area contributed by atoms with Crippen molar-refractivity contribution in [2.75, 3.05) is 20.2 Å². The van der Waals surface area contributed by atoms with Gasteiger partial charge in [0.1, 0.15) is 5.75 Å². The third kappa shape index (κ3) is 4.00. The Morgan fingerprint density at radius 1 is 1.19 bits per heavy atom. The normalized spacial score (nSPS) is 17.0. The fourth-order valence-electron chi connectivity index (χ4n) is 3.31. The Morgan fingerprint density at radius 3 is 2.38 bits per heavy atom. The number of ether oxygens (including phenoxy) is 1. The highest BCUT2D eigenvalue weighted by Gasteiger charge is 2.24. The van der Waals surface area contributed by atoms with E-state index in [1.54, 1.807) is 0 Å². The molecule has 1 aromatic carbocycles. The van der Waals surface area contributed by atoms with Crippen molar-refractivity contribution < 1.29 is 4.74 Å². The molecule has 1 aliphatic heterocycles. The molecule has 21 heavy (non-hydrogen) atoms. The summed E-state index contributed by atoms with van der Waals surface area (Å²) in [5.41, 5.74) is 4.32. The quantitative estimate of drug-likeness (QED) is 0.901. The molecular formula is C19H31NO. The number of hydrogen-bond acceptors (Lipinski definition) is 2. The van der Waals surface area contributed by atoms with Gasteiger partial charge in [0.2, 0.25) is 0 Å². The summed E-state index contributed by atoms with van der Waals surface area (Å²) in [7, 11) is 1.82. The van der Waals surface area contributed by atoms with E-state index < -0.39 is 0 Å². The molecule has 118 valence electrons. The van der Waals surface area contributed by atoms with Crippen molar-refractivity contribution in [3.63, 3.8) is 0 Å². The van der Waals surface area contributed by atoms with Crippen LogP contribution < -0.4 is 10.1 Å². The summed E-state index contributed by atoms with van der Waals surface area (Å²) < 4.78 is 5.83. The molecule has 0 amide bonds. The SMILES string of the molecule is CCc1cc(CC2CCNCC2)c(OC)c(C(C)(C)C)c1. The molecule has 1 heterocycles. The van der Waals surface area contributed by atoms with Crippen molar-refractivity contribution in [1.82, 2.24) is 5.32 Å². The van der Waals surface area contributed by atoms with Crippen molar-refractivity contribution >= 4 is 0 Å². The van der Waals surface area contributed by atoms with E-state index in [1.807, 2.05) is 7.11 Å². The summed E-state index contributed by atoms with van der Waals surface area (Å²) in [4.78, 5) is 0. The van der Waals surface area contributed by atoms with Gasteiger partial charge in [0.05, 0.1) is 7.11 Å². The zero-order valence-electron chi connectivity index (χ0n) is 14.4. The zero-order chi connectivity index (χ0) is 15.5. The average Bonchev–Trinajstić information content (AvgIpc) is 2.46. The molecule has 0 aromatic heterocycles. The van der Waals surface area contributed by atoms with E-state index in [2.05, 4.69) is 45.1 Å². The second-order valence-corrected chi connectivity index (χ2v) is 7.34. The van der Waals surface area contributed by atoms with Crippen molar-refractivity contribution in [3.05, 3.63) is 28.8 Å². The largest absolute Gasteiger partial charge is 0.496 e. The van der Waals surface area contributed by atoms with Gasteiger partial charge < -0.3 is 10.1 Å².